The molecule has 3 saturated carbocycles. The van der Waals surface area contributed by atoms with E-state index in [4.69, 9.17) is 4.74 Å². The Kier molecular flexibility index (Phi) is 11.0. The van der Waals surface area contributed by atoms with Gasteiger partial charge in [0.2, 0.25) is 5.78 Å². The number of carbonyl (C=O) groups excluding carboxylic acids is 6. The molecule has 248 valence electrons. The van der Waals surface area contributed by atoms with Crippen molar-refractivity contribution in [3.8, 4) is 0 Å². The van der Waals surface area contributed by atoms with Crippen LogP contribution >= 0.6 is 0 Å². The molecule has 0 radical (unpaired) electrons. The van der Waals surface area contributed by atoms with E-state index in [0.29, 0.717) is 18.8 Å². The lowest BCUT2D eigenvalue weighted by Gasteiger charge is -2.35. The number of Topliss-reactive ketones (excluding diaryl/α,β-unsaturated/α-hetero) is 5. The molecule has 0 saturated heterocycles. The number of fused-ring (bicyclic) bond motifs is 1. The Balaban J connectivity index is 1.83. The number of hydrogen-bond acceptors (Lipinski definition) is 7. The van der Waals surface area contributed by atoms with Gasteiger partial charge < -0.3 is 4.74 Å². The van der Waals surface area contributed by atoms with Crippen LogP contribution in [0.15, 0.2) is 0 Å². The highest BCUT2D eigenvalue weighted by Gasteiger charge is 2.69. The maximum atomic E-state index is 14.4. The van der Waals surface area contributed by atoms with E-state index in [1.807, 2.05) is 41.5 Å². The van der Waals surface area contributed by atoms with E-state index >= 15 is 0 Å². The molecule has 0 spiro atoms. The van der Waals surface area contributed by atoms with Crippen molar-refractivity contribution in [1.82, 2.24) is 0 Å². The predicted octanol–water partition coefficient (Wildman–Crippen LogP) is 7.01. The largest absolute Gasteiger partial charge is 0.463 e. The van der Waals surface area contributed by atoms with Crippen LogP contribution in [0, 0.1) is 63.6 Å². The van der Waals surface area contributed by atoms with Crippen LogP contribution in [0.3, 0.4) is 0 Å². The van der Waals surface area contributed by atoms with Gasteiger partial charge in [0.15, 0.2) is 5.78 Å². The lowest BCUT2D eigenvalue weighted by Crippen LogP contribution is -2.41. The summed E-state index contributed by atoms with van der Waals surface area (Å²) in [5.74, 6) is -3.88. The molecular weight excluding hydrogens is 556 g/mol. The average molecular weight is 615 g/mol. The fraction of sp³-hybridized carbons (Fsp3) is 0.838. The predicted molar refractivity (Wildman–Crippen MR) is 169 cm³/mol. The molecule has 0 heterocycles. The van der Waals surface area contributed by atoms with Crippen molar-refractivity contribution < 1.29 is 33.5 Å². The summed E-state index contributed by atoms with van der Waals surface area (Å²) in [5, 5.41) is 0. The zero-order valence-corrected chi connectivity index (χ0v) is 29.2. The van der Waals surface area contributed by atoms with E-state index < -0.39 is 58.0 Å². The molecule has 0 amide bonds. The standard InChI is InChI=1S/C37H58O7/c1-20(2)44-34(43)28(36(7,8)9)18-24(39)17-27(35(4,5)6)33(42)25-19-26-31(37(26,10)11)30(25)29(40)16-23(32(41)21(3)38)15-22-13-12-14-22/h20,22-23,25-28,30-31H,12-19H2,1-11H3. The molecule has 7 heteroatoms. The third-order valence-corrected chi connectivity index (χ3v) is 11.1. The monoisotopic (exact) mass is 614 g/mol. The molecule has 7 unspecified atom stereocenters. The summed E-state index contributed by atoms with van der Waals surface area (Å²) >= 11 is 0. The Morgan fingerprint density at radius 1 is 0.841 bits per heavy atom. The van der Waals surface area contributed by atoms with Gasteiger partial charge >= 0.3 is 5.97 Å². The van der Waals surface area contributed by atoms with E-state index in [2.05, 4.69) is 13.8 Å². The molecule has 3 aliphatic rings. The zero-order chi connectivity index (χ0) is 33.5. The molecule has 44 heavy (non-hydrogen) atoms. The smallest absolute Gasteiger partial charge is 0.310 e. The summed E-state index contributed by atoms with van der Waals surface area (Å²) in [6.45, 7) is 20.7. The van der Waals surface area contributed by atoms with Gasteiger partial charge in [-0.2, -0.15) is 0 Å². The summed E-state index contributed by atoms with van der Waals surface area (Å²) in [6, 6.07) is 0. The van der Waals surface area contributed by atoms with Crippen molar-refractivity contribution >= 4 is 34.9 Å². The van der Waals surface area contributed by atoms with Crippen molar-refractivity contribution in [3.05, 3.63) is 0 Å². The SMILES string of the molecule is CC(=O)C(=O)C(CC(=O)C1C(C(=O)C(CC(=O)CC(C(=O)OC(C)C)C(C)(C)C)C(C)(C)C)CC2C1C2(C)C)CC1CCC1. The maximum absolute atomic E-state index is 14.4. The molecule has 7 atom stereocenters. The average Bonchev–Trinajstić information content (AvgIpc) is 3.18. The number of esters is 1. The second kappa shape index (κ2) is 13.3. The van der Waals surface area contributed by atoms with Gasteiger partial charge in [-0.15, -0.1) is 0 Å². The molecule has 0 aliphatic heterocycles. The van der Waals surface area contributed by atoms with Gasteiger partial charge in [-0.25, -0.2) is 0 Å². The molecule has 3 fully saturated rings. The van der Waals surface area contributed by atoms with E-state index in [-0.39, 0.29) is 60.0 Å². The van der Waals surface area contributed by atoms with E-state index in [1.165, 1.54) is 6.92 Å². The molecule has 3 rings (SSSR count). The van der Waals surface area contributed by atoms with Gasteiger partial charge in [-0.05, 0) is 60.7 Å². The first-order valence-electron chi connectivity index (χ1n) is 16.9. The Labute approximate surface area is 265 Å². The van der Waals surface area contributed by atoms with Crippen LogP contribution in [0.4, 0.5) is 0 Å². The first-order valence-corrected chi connectivity index (χ1v) is 16.9. The van der Waals surface area contributed by atoms with Crippen LogP contribution < -0.4 is 0 Å². The molecule has 0 aromatic carbocycles. The second-order valence-electron chi connectivity index (χ2n) is 17.3. The first-order chi connectivity index (χ1) is 20.1. The Morgan fingerprint density at radius 3 is 1.84 bits per heavy atom. The summed E-state index contributed by atoms with van der Waals surface area (Å²) < 4.78 is 5.47. The van der Waals surface area contributed by atoms with Crippen molar-refractivity contribution in [2.45, 2.75) is 134 Å². The van der Waals surface area contributed by atoms with Crippen molar-refractivity contribution in [3.63, 3.8) is 0 Å². The Morgan fingerprint density at radius 2 is 1.39 bits per heavy atom. The fourth-order valence-electron chi connectivity index (χ4n) is 8.11. The molecule has 0 N–H and O–H groups in total. The van der Waals surface area contributed by atoms with E-state index in [1.54, 1.807) is 13.8 Å². The third-order valence-electron chi connectivity index (χ3n) is 11.1. The summed E-state index contributed by atoms with van der Waals surface area (Å²) in [7, 11) is 0. The molecule has 0 aromatic rings. The van der Waals surface area contributed by atoms with Crippen LogP contribution in [0.25, 0.3) is 0 Å². The lowest BCUT2D eigenvalue weighted by atomic mass is 9.67. The number of hydrogen-bond donors (Lipinski definition) is 0. The third kappa shape index (κ3) is 8.15. The van der Waals surface area contributed by atoms with Crippen LogP contribution in [-0.4, -0.2) is 41.0 Å². The van der Waals surface area contributed by atoms with Crippen molar-refractivity contribution in [1.29, 1.82) is 0 Å². The molecule has 3 aliphatic carbocycles. The Hall–Kier alpha value is -2.18. The second-order valence-corrected chi connectivity index (χ2v) is 17.3. The van der Waals surface area contributed by atoms with Gasteiger partial charge in [0.05, 0.1) is 12.0 Å². The van der Waals surface area contributed by atoms with Crippen LogP contribution in [-0.2, 0) is 33.5 Å². The van der Waals surface area contributed by atoms with Crippen molar-refractivity contribution in [2.24, 2.45) is 63.6 Å². The van der Waals surface area contributed by atoms with Gasteiger partial charge in [0, 0.05) is 49.9 Å². The van der Waals surface area contributed by atoms with Gasteiger partial charge in [0.25, 0.3) is 0 Å². The fourth-order valence-corrected chi connectivity index (χ4v) is 8.11. The minimum Gasteiger partial charge on any atom is -0.463 e. The Bertz CT molecular complexity index is 1140. The minimum atomic E-state index is -0.631. The highest BCUT2D eigenvalue weighted by molar-refractivity contribution is 6.37. The maximum Gasteiger partial charge on any atom is 0.310 e. The first kappa shape index (κ1) is 36.3. The number of carbonyl (C=O) groups is 6. The molecule has 0 aromatic heterocycles. The summed E-state index contributed by atoms with van der Waals surface area (Å²) in [4.78, 5) is 80.0. The topological polar surface area (TPSA) is 112 Å². The number of rotatable bonds is 15. The van der Waals surface area contributed by atoms with E-state index in [0.717, 1.165) is 19.3 Å². The lowest BCUT2D eigenvalue weighted by molar-refractivity contribution is -0.158. The van der Waals surface area contributed by atoms with Crippen molar-refractivity contribution in [2.75, 3.05) is 0 Å². The van der Waals surface area contributed by atoms with Crippen LogP contribution in [0.1, 0.15) is 128 Å². The normalized spacial score (nSPS) is 26.6. The number of ether oxygens (including phenoxy) is 1. The number of ketones is 5. The van der Waals surface area contributed by atoms with Crippen LogP contribution in [0.2, 0.25) is 0 Å². The van der Waals surface area contributed by atoms with Gasteiger partial charge in [-0.1, -0.05) is 74.7 Å². The quantitative estimate of drug-likeness (QED) is 0.144. The van der Waals surface area contributed by atoms with Gasteiger partial charge in [-0.3, -0.25) is 28.8 Å². The molecular formula is C37H58O7. The van der Waals surface area contributed by atoms with E-state index in [9.17, 15) is 28.8 Å². The highest BCUT2D eigenvalue weighted by Crippen LogP contribution is 2.71. The van der Waals surface area contributed by atoms with Crippen LogP contribution in [0.5, 0.6) is 0 Å². The van der Waals surface area contributed by atoms with Gasteiger partial charge in [0.1, 0.15) is 17.3 Å². The highest BCUT2D eigenvalue weighted by atomic mass is 16.5. The summed E-state index contributed by atoms with van der Waals surface area (Å²) in [5.41, 5.74) is -1.09. The molecule has 0 bridgehead atoms. The minimum absolute atomic E-state index is 0.00375. The zero-order valence-electron chi connectivity index (χ0n) is 29.2. The summed E-state index contributed by atoms with van der Waals surface area (Å²) in [6.07, 6.45) is 4.02. The molecule has 7 nitrogen and oxygen atoms in total.